The van der Waals surface area contributed by atoms with E-state index in [0.717, 1.165) is 26.4 Å². The molecule has 2 heterocycles. The smallest absolute Gasteiger partial charge is 0.104 e. The molecule has 4 rings (SSSR count). The summed E-state index contributed by atoms with van der Waals surface area (Å²) in [6.07, 6.45) is 23.8. The molecule has 0 radical (unpaired) electrons. The van der Waals surface area contributed by atoms with Gasteiger partial charge in [0.05, 0.1) is 38.6 Å². The summed E-state index contributed by atoms with van der Waals surface area (Å²) in [5.74, 6) is 0. The fourth-order valence-corrected chi connectivity index (χ4v) is 4.34. The molecular weight excluding hydrogens is 352 g/mol. The molecule has 4 fully saturated rings. The predicted molar refractivity (Wildman–Crippen MR) is 113 cm³/mol. The van der Waals surface area contributed by atoms with Gasteiger partial charge in [0.15, 0.2) is 0 Å². The topological polar surface area (TPSA) is 43.5 Å². The van der Waals surface area contributed by atoms with Crippen LogP contribution in [0.4, 0.5) is 0 Å². The molecule has 0 bridgehead atoms. The number of hydrogen-bond acceptors (Lipinski definition) is 4. The SMILES string of the molecule is C1CCCC(OCC2CO2)CCC1.C1CCCCC(OCC2CO2)CCCC1. The van der Waals surface area contributed by atoms with Gasteiger partial charge in [0.25, 0.3) is 0 Å². The summed E-state index contributed by atoms with van der Waals surface area (Å²) in [6, 6.07) is 0. The second kappa shape index (κ2) is 14.0. The lowest BCUT2D eigenvalue weighted by molar-refractivity contribution is 0.0265. The summed E-state index contributed by atoms with van der Waals surface area (Å²) in [5.41, 5.74) is 0. The summed E-state index contributed by atoms with van der Waals surface area (Å²) >= 11 is 0. The van der Waals surface area contributed by atoms with Crippen LogP contribution in [0.5, 0.6) is 0 Å². The van der Waals surface area contributed by atoms with Crippen molar-refractivity contribution in [3.8, 4) is 0 Å². The van der Waals surface area contributed by atoms with Gasteiger partial charge >= 0.3 is 0 Å². The van der Waals surface area contributed by atoms with Crippen molar-refractivity contribution in [1.82, 2.24) is 0 Å². The summed E-state index contributed by atoms with van der Waals surface area (Å²) in [4.78, 5) is 0. The van der Waals surface area contributed by atoms with Crippen LogP contribution in [-0.4, -0.2) is 50.8 Å². The number of ether oxygens (including phenoxy) is 4. The largest absolute Gasteiger partial charge is 0.375 e. The number of epoxide rings is 2. The van der Waals surface area contributed by atoms with Crippen LogP contribution in [0.3, 0.4) is 0 Å². The predicted octanol–water partition coefficient (Wildman–Crippen LogP) is 5.81. The minimum Gasteiger partial charge on any atom is -0.375 e. The molecule has 2 saturated heterocycles. The van der Waals surface area contributed by atoms with Crippen LogP contribution in [-0.2, 0) is 18.9 Å². The maximum atomic E-state index is 5.91. The Morgan fingerprint density at radius 1 is 0.464 bits per heavy atom. The highest BCUT2D eigenvalue weighted by atomic mass is 16.6. The van der Waals surface area contributed by atoms with E-state index in [4.69, 9.17) is 18.9 Å². The molecule has 4 heteroatoms. The minimum absolute atomic E-state index is 0.431. The Hall–Kier alpha value is -0.160. The molecular formula is C24H44O4. The first-order chi connectivity index (χ1) is 13.9. The van der Waals surface area contributed by atoms with Crippen molar-refractivity contribution >= 4 is 0 Å². The van der Waals surface area contributed by atoms with Crippen molar-refractivity contribution in [2.45, 2.75) is 127 Å². The third-order valence-electron chi connectivity index (χ3n) is 6.44. The fourth-order valence-electron chi connectivity index (χ4n) is 4.34. The van der Waals surface area contributed by atoms with Crippen LogP contribution >= 0.6 is 0 Å². The van der Waals surface area contributed by atoms with Crippen LogP contribution < -0.4 is 0 Å². The van der Waals surface area contributed by atoms with E-state index in [0.29, 0.717) is 24.4 Å². The summed E-state index contributed by atoms with van der Waals surface area (Å²) < 4.78 is 22.0. The normalized spacial score (nSPS) is 30.4. The first kappa shape index (κ1) is 22.5. The van der Waals surface area contributed by atoms with Crippen molar-refractivity contribution in [3.05, 3.63) is 0 Å². The first-order valence-corrected chi connectivity index (χ1v) is 12.4. The highest BCUT2D eigenvalue weighted by molar-refractivity contribution is 4.71. The molecule has 0 N–H and O–H groups in total. The van der Waals surface area contributed by atoms with Crippen molar-refractivity contribution in [3.63, 3.8) is 0 Å². The van der Waals surface area contributed by atoms with Gasteiger partial charge in [-0.15, -0.1) is 0 Å². The molecule has 4 aliphatic rings. The van der Waals surface area contributed by atoms with Gasteiger partial charge in [0, 0.05) is 0 Å². The van der Waals surface area contributed by atoms with Crippen molar-refractivity contribution in [2.24, 2.45) is 0 Å². The Balaban J connectivity index is 0.000000162. The molecule has 0 aromatic rings. The van der Waals surface area contributed by atoms with E-state index in [2.05, 4.69) is 0 Å². The van der Waals surface area contributed by atoms with E-state index in [-0.39, 0.29) is 0 Å². The lowest BCUT2D eigenvalue weighted by Crippen LogP contribution is -2.17. The maximum Gasteiger partial charge on any atom is 0.104 e. The summed E-state index contributed by atoms with van der Waals surface area (Å²) in [7, 11) is 0. The third kappa shape index (κ3) is 11.1. The minimum atomic E-state index is 0.431. The van der Waals surface area contributed by atoms with Gasteiger partial charge < -0.3 is 18.9 Å². The zero-order valence-corrected chi connectivity index (χ0v) is 18.1. The lowest BCUT2D eigenvalue weighted by Gasteiger charge is -2.19. The van der Waals surface area contributed by atoms with Gasteiger partial charge in [0.2, 0.25) is 0 Å². The van der Waals surface area contributed by atoms with Crippen LogP contribution in [0, 0.1) is 0 Å². The first-order valence-electron chi connectivity index (χ1n) is 12.4. The molecule has 0 aromatic carbocycles. The molecule has 164 valence electrons. The Labute approximate surface area is 173 Å². The van der Waals surface area contributed by atoms with E-state index >= 15 is 0 Å². The highest BCUT2D eigenvalue weighted by Crippen LogP contribution is 2.22. The molecule has 0 amide bonds. The van der Waals surface area contributed by atoms with E-state index in [1.54, 1.807) is 0 Å². The summed E-state index contributed by atoms with van der Waals surface area (Å²) in [5, 5.41) is 0. The molecule has 2 aliphatic carbocycles. The van der Waals surface area contributed by atoms with Crippen LogP contribution in [0.25, 0.3) is 0 Å². The van der Waals surface area contributed by atoms with Gasteiger partial charge in [0.1, 0.15) is 12.2 Å². The molecule has 0 aromatic heterocycles. The van der Waals surface area contributed by atoms with Crippen LogP contribution in [0.2, 0.25) is 0 Å². The maximum absolute atomic E-state index is 5.91. The molecule has 2 aliphatic heterocycles. The molecule has 2 unspecified atom stereocenters. The van der Waals surface area contributed by atoms with E-state index in [1.165, 1.54) is 103 Å². The van der Waals surface area contributed by atoms with Gasteiger partial charge in [-0.3, -0.25) is 0 Å². The zero-order chi connectivity index (χ0) is 19.3. The van der Waals surface area contributed by atoms with E-state index < -0.39 is 0 Å². The third-order valence-corrected chi connectivity index (χ3v) is 6.44. The Morgan fingerprint density at radius 2 is 0.750 bits per heavy atom. The summed E-state index contributed by atoms with van der Waals surface area (Å²) in [6.45, 7) is 3.52. The average molecular weight is 397 g/mol. The number of hydrogen-bond donors (Lipinski definition) is 0. The van der Waals surface area contributed by atoms with Crippen molar-refractivity contribution in [2.75, 3.05) is 26.4 Å². The van der Waals surface area contributed by atoms with Gasteiger partial charge in [-0.05, 0) is 25.7 Å². The standard InChI is InChI=1S/C13H24O2.C11H20O2/c1-2-4-6-8-12(9-7-5-3-1)14-10-13-11-15-13;1-2-4-6-10(7-5-3-1)12-8-11-9-13-11/h12-13H,1-11H2;10-11H,1-9H2. The molecule has 2 saturated carbocycles. The Bertz CT molecular complexity index is 363. The second-order valence-corrected chi connectivity index (χ2v) is 9.22. The quantitative estimate of drug-likeness (QED) is 0.531. The monoisotopic (exact) mass is 396 g/mol. The Morgan fingerprint density at radius 3 is 1.04 bits per heavy atom. The van der Waals surface area contributed by atoms with Crippen LogP contribution in [0.1, 0.15) is 103 Å². The van der Waals surface area contributed by atoms with Crippen molar-refractivity contribution < 1.29 is 18.9 Å². The van der Waals surface area contributed by atoms with Crippen LogP contribution in [0.15, 0.2) is 0 Å². The van der Waals surface area contributed by atoms with Crippen molar-refractivity contribution in [1.29, 1.82) is 0 Å². The fraction of sp³-hybridized carbons (Fsp3) is 1.00. The second-order valence-electron chi connectivity index (χ2n) is 9.22. The van der Waals surface area contributed by atoms with Gasteiger partial charge in [-0.1, -0.05) is 77.0 Å². The molecule has 0 spiro atoms. The lowest BCUT2D eigenvalue weighted by atomic mass is 9.99. The molecule has 2 atom stereocenters. The number of rotatable bonds is 6. The average Bonchev–Trinajstić information content (AvgIpc) is 3.59. The Kier molecular flexibility index (Phi) is 11.2. The van der Waals surface area contributed by atoms with E-state index in [1.807, 2.05) is 0 Å². The zero-order valence-electron chi connectivity index (χ0n) is 18.1. The molecule has 4 nitrogen and oxygen atoms in total. The van der Waals surface area contributed by atoms with Gasteiger partial charge in [-0.2, -0.15) is 0 Å². The highest BCUT2D eigenvalue weighted by Gasteiger charge is 2.25. The molecule has 28 heavy (non-hydrogen) atoms. The van der Waals surface area contributed by atoms with Gasteiger partial charge in [-0.25, -0.2) is 0 Å². The van der Waals surface area contributed by atoms with E-state index in [9.17, 15) is 0 Å².